The van der Waals surface area contributed by atoms with Gasteiger partial charge in [-0.1, -0.05) is 0 Å². The number of imidazole rings is 1. The molecule has 1 aliphatic carbocycles. The summed E-state index contributed by atoms with van der Waals surface area (Å²) in [6.07, 6.45) is 5.77. The molecule has 4 aromatic rings. The van der Waals surface area contributed by atoms with Gasteiger partial charge in [0.1, 0.15) is 23.3 Å². The average Bonchev–Trinajstić information content (AvgIpc) is 3.65. The Labute approximate surface area is 225 Å². The van der Waals surface area contributed by atoms with E-state index in [9.17, 15) is 13.6 Å². The van der Waals surface area contributed by atoms with E-state index in [4.69, 9.17) is 14.5 Å². The second-order valence-corrected chi connectivity index (χ2v) is 10.3. The van der Waals surface area contributed by atoms with Crippen molar-refractivity contribution < 1.29 is 23.0 Å². The zero-order valence-corrected chi connectivity index (χ0v) is 21.7. The molecular formula is C30H30F2N4O3. The number of amides is 1. The first-order valence-corrected chi connectivity index (χ1v) is 13.3. The van der Waals surface area contributed by atoms with Crippen LogP contribution >= 0.6 is 0 Å². The molecule has 0 radical (unpaired) electrons. The van der Waals surface area contributed by atoms with Crippen LogP contribution in [0.4, 0.5) is 14.5 Å². The molecule has 0 unspecified atom stereocenters. The normalized spacial score (nSPS) is 15.9. The number of nitrogens with zero attached hydrogens (tertiary/aromatic N) is 2. The van der Waals surface area contributed by atoms with Crippen molar-refractivity contribution in [3.8, 4) is 17.2 Å². The van der Waals surface area contributed by atoms with Crippen LogP contribution in [0.3, 0.4) is 0 Å². The van der Waals surface area contributed by atoms with Gasteiger partial charge >= 0.3 is 0 Å². The molecule has 1 amide bonds. The summed E-state index contributed by atoms with van der Waals surface area (Å²) in [5.74, 6) is -0.835. The summed E-state index contributed by atoms with van der Waals surface area (Å²) in [6.45, 7) is 4.18. The van der Waals surface area contributed by atoms with E-state index >= 15 is 0 Å². The molecule has 0 atom stereocenters. The van der Waals surface area contributed by atoms with Gasteiger partial charge in [0.2, 0.25) is 0 Å². The summed E-state index contributed by atoms with van der Waals surface area (Å²) in [6, 6.07) is 13.1. The number of rotatable bonds is 8. The van der Waals surface area contributed by atoms with Crippen LogP contribution in [0.15, 0.2) is 54.9 Å². The molecule has 2 fully saturated rings. The van der Waals surface area contributed by atoms with Gasteiger partial charge in [0.25, 0.3) is 5.91 Å². The smallest absolute Gasteiger partial charge is 0.251 e. The fourth-order valence-corrected chi connectivity index (χ4v) is 4.91. The Kier molecular flexibility index (Phi) is 6.91. The molecule has 202 valence electrons. The molecule has 0 bridgehead atoms. The highest BCUT2D eigenvalue weighted by molar-refractivity contribution is 5.96. The molecule has 2 aliphatic rings. The van der Waals surface area contributed by atoms with Crippen LogP contribution in [0.25, 0.3) is 16.7 Å². The highest BCUT2D eigenvalue weighted by Gasteiger charge is 2.24. The number of halogens is 2. The number of anilines is 1. The number of carbonyl (C=O) groups is 1. The first-order chi connectivity index (χ1) is 18.9. The first kappa shape index (κ1) is 25.3. The van der Waals surface area contributed by atoms with Gasteiger partial charge in [-0.3, -0.25) is 9.36 Å². The third-order valence-electron chi connectivity index (χ3n) is 7.32. The molecule has 1 aliphatic heterocycles. The van der Waals surface area contributed by atoms with Crippen molar-refractivity contribution in [2.24, 2.45) is 5.92 Å². The SMILES string of the molecule is Cc1cc(-n2cnc3c(NCC4CCOCC4)cc(Oc4ccc(F)c(F)c4)cc32)ccc1C(=O)NC1CC1. The Hall–Kier alpha value is -3.98. The van der Waals surface area contributed by atoms with Crippen LogP contribution in [-0.2, 0) is 4.74 Å². The molecule has 1 aromatic heterocycles. The van der Waals surface area contributed by atoms with Gasteiger partial charge in [0, 0.05) is 55.3 Å². The number of nitrogens with one attached hydrogen (secondary N) is 2. The lowest BCUT2D eigenvalue weighted by molar-refractivity contribution is 0.0699. The number of ether oxygens (including phenoxy) is 2. The minimum atomic E-state index is -0.974. The summed E-state index contributed by atoms with van der Waals surface area (Å²) in [5, 5.41) is 6.57. The summed E-state index contributed by atoms with van der Waals surface area (Å²) in [5.41, 5.74) is 4.67. The standard InChI is InChI=1S/C30H30F2N4O3/c1-18-12-21(4-6-24(18)30(37)35-20-2-3-20)36-17-34-29-27(33-16-19-8-10-38-11-9-19)14-23(15-28(29)36)39-22-5-7-25(31)26(32)13-22/h4-7,12-15,17,19-20,33H,2-3,8-11,16H2,1H3,(H,35,37). The van der Waals surface area contributed by atoms with Crippen LogP contribution in [-0.4, -0.2) is 41.3 Å². The number of hydrogen-bond donors (Lipinski definition) is 2. The van der Waals surface area contributed by atoms with E-state index < -0.39 is 11.6 Å². The number of carbonyl (C=O) groups excluding carboxylic acids is 1. The summed E-state index contributed by atoms with van der Waals surface area (Å²) < 4.78 is 40.7. The van der Waals surface area contributed by atoms with Crippen LogP contribution in [0.5, 0.6) is 11.5 Å². The lowest BCUT2D eigenvalue weighted by Crippen LogP contribution is -2.26. The first-order valence-electron chi connectivity index (χ1n) is 13.3. The van der Waals surface area contributed by atoms with E-state index in [2.05, 4.69) is 10.6 Å². The molecule has 1 saturated carbocycles. The lowest BCUT2D eigenvalue weighted by atomic mass is 10.0. The van der Waals surface area contributed by atoms with E-state index in [1.54, 1.807) is 6.33 Å². The van der Waals surface area contributed by atoms with Crippen molar-refractivity contribution in [3.63, 3.8) is 0 Å². The summed E-state index contributed by atoms with van der Waals surface area (Å²) in [4.78, 5) is 17.3. The number of aryl methyl sites for hydroxylation is 1. The highest BCUT2D eigenvalue weighted by atomic mass is 19.2. The van der Waals surface area contributed by atoms with Crippen molar-refractivity contribution in [1.29, 1.82) is 0 Å². The number of benzene rings is 3. The van der Waals surface area contributed by atoms with Crippen molar-refractivity contribution >= 4 is 22.6 Å². The Balaban J connectivity index is 1.35. The van der Waals surface area contributed by atoms with Crippen molar-refractivity contribution in [3.05, 3.63) is 77.6 Å². The molecule has 39 heavy (non-hydrogen) atoms. The van der Waals surface area contributed by atoms with Crippen LogP contribution in [0.1, 0.15) is 41.6 Å². The van der Waals surface area contributed by atoms with E-state index in [1.807, 2.05) is 41.8 Å². The van der Waals surface area contributed by atoms with Crippen LogP contribution in [0.2, 0.25) is 0 Å². The minimum absolute atomic E-state index is 0.0566. The number of aromatic nitrogens is 2. The van der Waals surface area contributed by atoms with E-state index in [-0.39, 0.29) is 17.7 Å². The molecule has 6 rings (SSSR count). The lowest BCUT2D eigenvalue weighted by Gasteiger charge is -2.23. The maximum Gasteiger partial charge on any atom is 0.251 e. The van der Waals surface area contributed by atoms with Gasteiger partial charge in [0.15, 0.2) is 11.6 Å². The molecular weight excluding hydrogens is 502 g/mol. The average molecular weight is 533 g/mol. The van der Waals surface area contributed by atoms with Gasteiger partial charge in [-0.05, 0) is 74.4 Å². The molecule has 2 heterocycles. The molecule has 2 N–H and O–H groups in total. The summed E-state index contributed by atoms with van der Waals surface area (Å²) in [7, 11) is 0. The molecule has 3 aromatic carbocycles. The molecule has 9 heteroatoms. The fourth-order valence-electron chi connectivity index (χ4n) is 4.91. The molecule has 0 spiro atoms. The Bertz CT molecular complexity index is 1530. The zero-order valence-electron chi connectivity index (χ0n) is 21.7. The van der Waals surface area contributed by atoms with Crippen molar-refractivity contribution in [2.45, 2.75) is 38.6 Å². The third kappa shape index (κ3) is 5.59. The van der Waals surface area contributed by atoms with Crippen molar-refractivity contribution in [2.75, 3.05) is 25.1 Å². The maximum absolute atomic E-state index is 13.9. The van der Waals surface area contributed by atoms with Gasteiger partial charge in [0.05, 0.1) is 11.2 Å². The molecule has 7 nitrogen and oxygen atoms in total. The predicted octanol–water partition coefficient (Wildman–Crippen LogP) is 6.14. The van der Waals surface area contributed by atoms with E-state index in [0.717, 1.165) is 85.5 Å². The zero-order chi connectivity index (χ0) is 26.9. The van der Waals surface area contributed by atoms with Crippen LogP contribution < -0.4 is 15.4 Å². The largest absolute Gasteiger partial charge is 0.457 e. The topological polar surface area (TPSA) is 77.4 Å². The van der Waals surface area contributed by atoms with E-state index in [1.165, 1.54) is 6.07 Å². The van der Waals surface area contributed by atoms with Gasteiger partial charge in [-0.25, -0.2) is 13.8 Å². The van der Waals surface area contributed by atoms with E-state index in [0.29, 0.717) is 17.2 Å². The highest BCUT2D eigenvalue weighted by Crippen LogP contribution is 2.34. The fraction of sp³-hybridized carbons (Fsp3) is 0.333. The van der Waals surface area contributed by atoms with Gasteiger partial charge in [-0.2, -0.15) is 0 Å². The minimum Gasteiger partial charge on any atom is -0.457 e. The monoisotopic (exact) mass is 532 g/mol. The maximum atomic E-state index is 13.9. The second kappa shape index (κ2) is 10.6. The Morgan fingerprint density at radius 1 is 1.03 bits per heavy atom. The predicted molar refractivity (Wildman–Crippen MR) is 145 cm³/mol. The summed E-state index contributed by atoms with van der Waals surface area (Å²) >= 11 is 0. The number of hydrogen-bond acceptors (Lipinski definition) is 5. The Morgan fingerprint density at radius 2 is 1.85 bits per heavy atom. The van der Waals surface area contributed by atoms with Crippen molar-refractivity contribution in [1.82, 2.24) is 14.9 Å². The Morgan fingerprint density at radius 3 is 2.59 bits per heavy atom. The third-order valence-corrected chi connectivity index (χ3v) is 7.32. The van der Waals surface area contributed by atoms with Crippen LogP contribution in [0, 0.1) is 24.5 Å². The van der Waals surface area contributed by atoms with Gasteiger partial charge in [-0.15, -0.1) is 0 Å². The second-order valence-electron chi connectivity index (χ2n) is 10.3. The molecule has 1 saturated heterocycles. The quantitative estimate of drug-likeness (QED) is 0.285. The van der Waals surface area contributed by atoms with Gasteiger partial charge < -0.3 is 20.1 Å². The number of fused-ring (bicyclic) bond motifs is 1.